The first kappa shape index (κ1) is 16.1. The molecule has 0 bridgehead atoms. The summed E-state index contributed by atoms with van der Waals surface area (Å²) in [4.78, 5) is 4.38. The van der Waals surface area contributed by atoms with Crippen LogP contribution >= 0.6 is 24.8 Å². The molecule has 0 spiro atoms. The van der Waals surface area contributed by atoms with Gasteiger partial charge in [0.05, 0.1) is 0 Å². The van der Waals surface area contributed by atoms with Gasteiger partial charge in [0, 0.05) is 23.0 Å². The van der Waals surface area contributed by atoms with E-state index in [1.165, 1.54) is 0 Å². The number of benzene rings is 2. The van der Waals surface area contributed by atoms with Crippen LogP contribution in [-0.2, 0) is 0 Å². The van der Waals surface area contributed by atoms with E-state index in [1.54, 1.807) is 6.20 Å². The molecule has 0 fully saturated rings. The normalized spacial score (nSPS) is 9.40. The van der Waals surface area contributed by atoms with Gasteiger partial charge in [-0.25, -0.2) is 4.98 Å². The highest BCUT2D eigenvalue weighted by Crippen LogP contribution is 2.25. The lowest BCUT2D eigenvalue weighted by Crippen LogP contribution is -1.94. The molecule has 3 nitrogen and oxygen atoms in total. The van der Waals surface area contributed by atoms with Crippen LogP contribution in [-0.4, -0.2) is 4.98 Å². The second-order valence-corrected chi connectivity index (χ2v) is 4.13. The van der Waals surface area contributed by atoms with Crippen LogP contribution in [0.25, 0.3) is 10.8 Å². The molecular weight excluding hydrogens is 293 g/mol. The number of nitrogens with zero attached hydrogens (tertiary/aromatic N) is 1. The fourth-order valence-corrected chi connectivity index (χ4v) is 1.95. The minimum absolute atomic E-state index is 0. The highest BCUT2D eigenvalue weighted by atomic mass is 35.5. The summed E-state index contributed by atoms with van der Waals surface area (Å²) in [6.45, 7) is 0. The van der Waals surface area contributed by atoms with Gasteiger partial charge in [-0.3, -0.25) is 0 Å². The molecule has 20 heavy (non-hydrogen) atoms. The lowest BCUT2D eigenvalue weighted by molar-refractivity contribution is 1.34. The summed E-state index contributed by atoms with van der Waals surface area (Å²) in [5.41, 5.74) is 7.57. The Labute approximate surface area is 130 Å². The predicted molar refractivity (Wildman–Crippen MR) is 90.4 cm³/mol. The molecule has 2 aromatic carbocycles. The fraction of sp³-hybridized carbons (Fsp3) is 0. The molecule has 0 unspecified atom stereocenters. The molecule has 1 heterocycles. The minimum atomic E-state index is 0. The third-order valence-electron chi connectivity index (χ3n) is 2.83. The zero-order valence-corrected chi connectivity index (χ0v) is 12.2. The highest BCUT2D eigenvalue weighted by molar-refractivity contribution is 5.94. The summed E-state index contributed by atoms with van der Waals surface area (Å²) >= 11 is 0. The Hall–Kier alpha value is -1.97. The van der Waals surface area contributed by atoms with Crippen LogP contribution < -0.4 is 11.1 Å². The monoisotopic (exact) mass is 307 g/mol. The third kappa shape index (κ3) is 3.32. The molecule has 0 saturated carbocycles. The van der Waals surface area contributed by atoms with Crippen molar-refractivity contribution in [2.24, 2.45) is 0 Å². The summed E-state index contributed by atoms with van der Waals surface area (Å²) in [5.74, 6) is 0.846. The van der Waals surface area contributed by atoms with Gasteiger partial charge >= 0.3 is 0 Å². The molecule has 3 rings (SSSR count). The van der Waals surface area contributed by atoms with E-state index >= 15 is 0 Å². The molecule has 0 aliphatic rings. The molecule has 0 saturated heterocycles. The zero-order chi connectivity index (χ0) is 12.4. The summed E-state index contributed by atoms with van der Waals surface area (Å²) in [5, 5.41) is 5.47. The van der Waals surface area contributed by atoms with Crippen LogP contribution in [0.2, 0.25) is 0 Å². The molecule has 1 aromatic heterocycles. The van der Waals surface area contributed by atoms with Crippen LogP contribution in [0.3, 0.4) is 0 Å². The number of pyridine rings is 1. The van der Waals surface area contributed by atoms with Gasteiger partial charge < -0.3 is 11.1 Å². The number of nitrogens with two attached hydrogens (primary N) is 1. The van der Waals surface area contributed by atoms with Gasteiger partial charge in [-0.2, -0.15) is 0 Å². The highest BCUT2D eigenvalue weighted by Gasteiger charge is 2.02. The van der Waals surface area contributed by atoms with Gasteiger partial charge in [-0.15, -0.1) is 24.8 Å². The number of aromatic nitrogens is 1. The van der Waals surface area contributed by atoms with Crippen molar-refractivity contribution >= 4 is 52.8 Å². The second kappa shape index (κ2) is 6.98. The number of rotatable bonds is 2. The van der Waals surface area contributed by atoms with Crippen molar-refractivity contribution in [1.29, 1.82) is 0 Å². The Balaban J connectivity index is 0.000001000. The lowest BCUT2D eigenvalue weighted by atomic mass is 10.1. The second-order valence-electron chi connectivity index (χ2n) is 4.13. The van der Waals surface area contributed by atoms with Gasteiger partial charge in [0.15, 0.2) is 0 Å². The maximum Gasteiger partial charge on any atom is 0.138 e. The van der Waals surface area contributed by atoms with Crippen LogP contribution in [0.1, 0.15) is 0 Å². The van der Waals surface area contributed by atoms with E-state index in [-0.39, 0.29) is 24.8 Å². The summed E-state index contributed by atoms with van der Waals surface area (Å²) in [6.07, 6.45) is 1.78. The first-order valence-electron chi connectivity index (χ1n) is 5.79. The maximum absolute atomic E-state index is 5.79. The number of nitrogens with one attached hydrogen (secondary N) is 1. The number of hydrogen-bond acceptors (Lipinski definition) is 3. The number of halogens is 2. The predicted octanol–water partition coefficient (Wildman–Crippen LogP) is 4.40. The minimum Gasteiger partial charge on any atom is -0.399 e. The number of anilines is 3. The average Bonchev–Trinajstić information content (AvgIpc) is 2.40. The van der Waals surface area contributed by atoms with Gasteiger partial charge in [-0.05, 0) is 41.8 Å². The summed E-state index contributed by atoms with van der Waals surface area (Å²) in [7, 11) is 0. The van der Waals surface area contributed by atoms with Crippen molar-refractivity contribution in [1.82, 2.24) is 4.98 Å². The molecule has 3 N–H and O–H groups in total. The van der Waals surface area contributed by atoms with E-state index in [0.29, 0.717) is 0 Å². The van der Waals surface area contributed by atoms with Gasteiger partial charge in [0.2, 0.25) is 0 Å². The van der Waals surface area contributed by atoms with E-state index in [4.69, 9.17) is 5.73 Å². The van der Waals surface area contributed by atoms with Crippen LogP contribution in [0.5, 0.6) is 0 Å². The average molecular weight is 308 g/mol. The molecule has 0 aliphatic carbocycles. The van der Waals surface area contributed by atoms with E-state index in [0.717, 1.165) is 28.0 Å². The Morgan fingerprint density at radius 2 is 1.65 bits per heavy atom. The molecule has 104 valence electrons. The van der Waals surface area contributed by atoms with Gasteiger partial charge in [0.1, 0.15) is 5.82 Å². The van der Waals surface area contributed by atoms with Crippen LogP contribution in [0.4, 0.5) is 17.2 Å². The number of hydrogen-bond donors (Lipinski definition) is 2. The maximum atomic E-state index is 5.79. The van der Waals surface area contributed by atoms with Gasteiger partial charge in [0.25, 0.3) is 0 Å². The standard InChI is InChI=1S/C15H13N3.2ClH/c16-12-6-7-14-11(10-12)8-9-17-15(14)18-13-4-2-1-3-5-13;;/h1-10H,16H2,(H,17,18);2*1H. The van der Waals surface area contributed by atoms with E-state index < -0.39 is 0 Å². The topological polar surface area (TPSA) is 50.9 Å². The zero-order valence-electron chi connectivity index (χ0n) is 10.6. The third-order valence-corrected chi connectivity index (χ3v) is 2.83. The number of para-hydroxylation sites is 1. The molecule has 3 aromatic rings. The molecular formula is C15H15Cl2N3. The lowest BCUT2D eigenvalue weighted by Gasteiger charge is -2.08. The van der Waals surface area contributed by atoms with Crippen molar-refractivity contribution < 1.29 is 0 Å². The summed E-state index contributed by atoms with van der Waals surface area (Å²) < 4.78 is 0. The number of nitrogen functional groups attached to an aromatic ring is 1. The molecule has 0 radical (unpaired) electrons. The van der Waals surface area contributed by atoms with Crippen molar-refractivity contribution in [3.05, 3.63) is 60.8 Å². The Morgan fingerprint density at radius 3 is 2.40 bits per heavy atom. The SMILES string of the molecule is Cl.Cl.Nc1ccc2c(Nc3ccccc3)nccc2c1. The fourth-order valence-electron chi connectivity index (χ4n) is 1.95. The van der Waals surface area contributed by atoms with Crippen molar-refractivity contribution in [2.75, 3.05) is 11.1 Å². The van der Waals surface area contributed by atoms with Crippen molar-refractivity contribution in [3.8, 4) is 0 Å². The van der Waals surface area contributed by atoms with E-state index in [2.05, 4.69) is 10.3 Å². The first-order valence-corrected chi connectivity index (χ1v) is 5.79. The molecule has 0 atom stereocenters. The smallest absolute Gasteiger partial charge is 0.138 e. The van der Waals surface area contributed by atoms with E-state index in [9.17, 15) is 0 Å². The van der Waals surface area contributed by atoms with Crippen LogP contribution in [0, 0.1) is 0 Å². The Kier molecular flexibility index (Phi) is 5.62. The van der Waals surface area contributed by atoms with E-state index in [1.807, 2.05) is 54.6 Å². The summed E-state index contributed by atoms with van der Waals surface area (Å²) in [6, 6.07) is 17.8. The Morgan fingerprint density at radius 1 is 0.900 bits per heavy atom. The molecule has 0 amide bonds. The molecule has 5 heteroatoms. The quantitative estimate of drug-likeness (QED) is 0.690. The Bertz CT molecular complexity index is 687. The van der Waals surface area contributed by atoms with Crippen molar-refractivity contribution in [2.45, 2.75) is 0 Å². The largest absolute Gasteiger partial charge is 0.399 e. The number of fused-ring (bicyclic) bond motifs is 1. The molecule has 0 aliphatic heterocycles. The van der Waals surface area contributed by atoms with Crippen molar-refractivity contribution in [3.63, 3.8) is 0 Å². The van der Waals surface area contributed by atoms with Gasteiger partial charge in [-0.1, -0.05) is 18.2 Å². The van der Waals surface area contributed by atoms with Crippen LogP contribution in [0.15, 0.2) is 60.8 Å². The first-order chi connectivity index (χ1) is 8.83.